The predicted molar refractivity (Wildman–Crippen MR) is 63.1 cm³/mol. The Hall–Kier alpha value is -0.620. The second-order valence-corrected chi connectivity index (χ2v) is 7.01. The lowest BCUT2D eigenvalue weighted by Gasteiger charge is -2.30. The maximum Gasteiger partial charge on any atom is 0.304 e. The van der Waals surface area contributed by atoms with Gasteiger partial charge in [-0.2, -0.15) is 4.31 Å². The van der Waals surface area contributed by atoms with Crippen LogP contribution in [0.15, 0.2) is 0 Å². The largest absolute Gasteiger partial charge is 0.481 e. The molecule has 0 aromatic carbocycles. The van der Waals surface area contributed by atoms with Gasteiger partial charge in [0.05, 0.1) is 12.2 Å². The van der Waals surface area contributed by atoms with Crippen LogP contribution in [0.5, 0.6) is 0 Å². The van der Waals surface area contributed by atoms with E-state index in [2.05, 4.69) is 0 Å². The average Bonchev–Trinajstić information content (AvgIpc) is 2.71. The SMILES string of the molecule is O=C(O)CCS(=O)(=O)N1CCC2CCCCC21. The molecule has 1 saturated carbocycles. The molecule has 2 aliphatic rings. The van der Waals surface area contributed by atoms with E-state index in [0.717, 1.165) is 25.7 Å². The summed E-state index contributed by atoms with van der Waals surface area (Å²) in [6.07, 6.45) is 5.00. The van der Waals surface area contributed by atoms with E-state index in [1.807, 2.05) is 0 Å². The molecule has 1 aliphatic heterocycles. The molecule has 0 amide bonds. The highest BCUT2D eigenvalue weighted by Gasteiger charge is 2.41. The summed E-state index contributed by atoms with van der Waals surface area (Å²) in [7, 11) is -3.37. The molecule has 1 saturated heterocycles. The minimum absolute atomic E-state index is 0.141. The molecule has 1 aliphatic carbocycles. The van der Waals surface area contributed by atoms with Crippen molar-refractivity contribution in [1.82, 2.24) is 4.31 Å². The van der Waals surface area contributed by atoms with Crippen LogP contribution in [-0.4, -0.2) is 42.1 Å². The fourth-order valence-corrected chi connectivity index (χ4v) is 4.78. The normalized spacial score (nSPS) is 30.1. The standard InChI is InChI=1S/C11H19NO4S/c13-11(14)6-8-17(15,16)12-7-5-9-3-1-2-4-10(9)12/h9-10H,1-8H2,(H,13,14). The van der Waals surface area contributed by atoms with E-state index >= 15 is 0 Å². The van der Waals surface area contributed by atoms with E-state index in [-0.39, 0.29) is 18.2 Å². The van der Waals surface area contributed by atoms with Crippen molar-refractivity contribution in [3.63, 3.8) is 0 Å². The van der Waals surface area contributed by atoms with Crippen molar-refractivity contribution in [2.75, 3.05) is 12.3 Å². The molecule has 0 aromatic rings. The number of aliphatic carboxylic acids is 1. The Bertz CT molecular complexity index is 392. The summed E-state index contributed by atoms with van der Waals surface area (Å²) in [6, 6.07) is 0.141. The molecule has 0 radical (unpaired) electrons. The topological polar surface area (TPSA) is 74.7 Å². The molecular weight excluding hydrogens is 242 g/mol. The van der Waals surface area contributed by atoms with Crippen LogP contribution in [-0.2, 0) is 14.8 Å². The fraction of sp³-hybridized carbons (Fsp3) is 0.909. The second kappa shape index (κ2) is 4.94. The van der Waals surface area contributed by atoms with Gasteiger partial charge in [-0.25, -0.2) is 8.42 Å². The summed E-state index contributed by atoms with van der Waals surface area (Å²) in [5.41, 5.74) is 0. The van der Waals surface area contributed by atoms with Crippen molar-refractivity contribution < 1.29 is 18.3 Å². The van der Waals surface area contributed by atoms with Gasteiger partial charge in [0.1, 0.15) is 0 Å². The third kappa shape index (κ3) is 2.80. The van der Waals surface area contributed by atoms with Gasteiger partial charge in [0, 0.05) is 12.6 Å². The van der Waals surface area contributed by atoms with Gasteiger partial charge in [0.25, 0.3) is 0 Å². The minimum atomic E-state index is -3.37. The number of nitrogens with zero attached hydrogens (tertiary/aromatic N) is 1. The molecule has 2 rings (SSSR count). The van der Waals surface area contributed by atoms with Gasteiger partial charge in [0.15, 0.2) is 0 Å². The van der Waals surface area contributed by atoms with Crippen LogP contribution in [0, 0.1) is 5.92 Å². The summed E-state index contributed by atoms with van der Waals surface area (Å²) in [5, 5.41) is 8.57. The van der Waals surface area contributed by atoms with Crippen LogP contribution in [0.4, 0.5) is 0 Å². The molecule has 5 nitrogen and oxygen atoms in total. The monoisotopic (exact) mass is 261 g/mol. The van der Waals surface area contributed by atoms with Crippen LogP contribution in [0.3, 0.4) is 0 Å². The van der Waals surface area contributed by atoms with E-state index in [4.69, 9.17) is 5.11 Å². The molecule has 98 valence electrons. The first-order valence-corrected chi connectivity index (χ1v) is 7.83. The van der Waals surface area contributed by atoms with Gasteiger partial charge in [-0.15, -0.1) is 0 Å². The van der Waals surface area contributed by atoms with Crippen molar-refractivity contribution in [2.24, 2.45) is 5.92 Å². The minimum Gasteiger partial charge on any atom is -0.481 e. The molecule has 6 heteroatoms. The van der Waals surface area contributed by atoms with Crippen LogP contribution in [0.25, 0.3) is 0 Å². The van der Waals surface area contributed by atoms with Crippen LogP contribution < -0.4 is 0 Å². The summed E-state index contributed by atoms with van der Waals surface area (Å²) in [4.78, 5) is 10.5. The van der Waals surface area contributed by atoms with E-state index in [1.54, 1.807) is 4.31 Å². The molecule has 1 heterocycles. The fourth-order valence-electron chi connectivity index (χ4n) is 3.04. The van der Waals surface area contributed by atoms with Crippen molar-refractivity contribution in [2.45, 2.75) is 44.6 Å². The predicted octanol–water partition coefficient (Wildman–Crippen LogP) is 1.06. The van der Waals surface area contributed by atoms with Gasteiger partial charge in [-0.3, -0.25) is 4.79 Å². The number of hydrogen-bond acceptors (Lipinski definition) is 3. The highest BCUT2D eigenvalue weighted by molar-refractivity contribution is 7.89. The maximum absolute atomic E-state index is 12.1. The Morgan fingerprint density at radius 3 is 2.65 bits per heavy atom. The molecule has 1 N–H and O–H groups in total. The number of hydrogen-bond donors (Lipinski definition) is 1. The first-order chi connectivity index (χ1) is 8.00. The quantitative estimate of drug-likeness (QED) is 0.821. The van der Waals surface area contributed by atoms with Gasteiger partial charge >= 0.3 is 5.97 Å². The number of sulfonamides is 1. The molecular formula is C11H19NO4S. The first-order valence-electron chi connectivity index (χ1n) is 6.22. The van der Waals surface area contributed by atoms with Gasteiger partial charge in [-0.1, -0.05) is 12.8 Å². The Labute approximate surface area is 102 Å². The Morgan fingerprint density at radius 1 is 1.24 bits per heavy atom. The number of fused-ring (bicyclic) bond motifs is 1. The zero-order chi connectivity index (χ0) is 12.5. The molecule has 0 bridgehead atoms. The van der Waals surface area contributed by atoms with Crippen LogP contribution >= 0.6 is 0 Å². The maximum atomic E-state index is 12.1. The summed E-state index contributed by atoms with van der Waals surface area (Å²) < 4.78 is 25.7. The highest BCUT2D eigenvalue weighted by atomic mass is 32.2. The number of carboxylic acids is 1. The van der Waals surface area contributed by atoms with E-state index in [0.29, 0.717) is 12.5 Å². The Morgan fingerprint density at radius 2 is 1.94 bits per heavy atom. The third-order valence-electron chi connectivity index (χ3n) is 3.89. The number of rotatable bonds is 4. The zero-order valence-electron chi connectivity index (χ0n) is 9.84. The van der Waals surface area contributed by atoms with E-state index < -0.39 is 16.0 Å². The van der Waals surface area contributed by atoms with Crippen LogP contribution in [0.1, 0.15) is 38.5 Å². The van der Waals surface area contributed by atoms with E-state index in [9.17, 15) is 13.2 Å². The molecule has 17 heavy (non-hydrogen) atoms. The molecule has 2 atom stereocenters. The van der Waals surface area contributed by atoms with Crippen molar-refractivity contribution in [1.29, 1.82) is 0 Å². The Kier molecular flexibility index (Phi) is 3.73. The molecule has 0 aromatic heterocycles. The first kappa shape index (κ1) is 12.8. The van der Waals surface area contributed by atoms with Crippen molar-refractivity contribution in [3.8, 4) is 0 Å². The van der Waals surface area contributed by atoms with E-state index in [1.165, 1.54) is 6.42 Å². The van der Waals surface area contributed by atoms with Crippen LogP contribution in [0.2, 0.25) is 0 Å². The lowest BCUT2D eigenvalue weighted by Crippen LogP contribution is -2.40. The molecule has 0 spiro atoms. The number of carboxylic acid groups (broad SMARTS) is 1. The molecule has 2 fully saturated rings. The lowest BCUT2D eigenvalue weighted by molar-refractivity contribution is -0.136. The Balaban J connectivity index is 2.03. The molecule has 2 unspecified atom stereocenters. The zero-order valence-corrected chi connectivity index (χ0v) is 10.7. The highest BCUT2D eigenvalue weighted by Crippen LogP contribution is 2.37. The van der Waals surface area contributed by atoms with Gasteiger partial charge in [-0.05, 0) is 25.2 Å². The van der Waals surface area contributed by atoms with Gasteiger partial charge < -0.3 is 5.11 Å². The smallest absolute Gasteiger partial charge is 0.304 e. The number of carbonyl (C=O) groups is 1. The van der Waals surface area contributed by atoms with Crippen molar-refractivity contribution >= 4 is 16.0 Å². The van der Waals surface area contributed by atoms with Gasteiger partial charge in [0.2, 0.25) is 10.0 Å². The lowest BCUT2D eigenvalue weighted by atomic mass is 9.86. The summed E-state index contributed by atoms with van der Waals surface area (Å²) >= 11 is 0. The second-order valence-electron chi connectivity index (χ2n) is 4.97. The van der Waals surface area contributed by atoms with Crippen molar-refractivity contribution in [3.05, 3.63) is 0 Å². The third-order valence-corrected chi connectivity index (χ3v) is 5.78. The summed E-state index contributed by atoms with van der Waals surface area (Å²) in [5.74, 6) is -0.803. The summed E-state index contributed by atoms with van der Waals surface area (Å²) in [6.45, 7) is 0.581. The average molecular weight is 261 g/mol.